The number of ether oxygens (including phenoxy) is 2. The number of hydrogen-bond acceptors (Lipinski definition) is 4. The van der Waals surface area contributed by atoms with Crippen LogP contribution < -0.4 is 9.47 Å². The van der Waals surface area contributed by atoms with Crippen LogP contribution >= 0.6 is 0 Å². The van der Waals surface area contributed by atoms with Crippen LogP contribution in [-0.2, 0) is 16.0 Å². The number of carboxylic acids is 1. The lowest BCUT2D eigenvalue weighted by molar-refractivity contribution is -0.149. The SMILES string of the molecule is CCCOc1c(CCC(=O)C(=O)O)cccc1OC. The molecule has 104 valence electrons. The molecular weight excluding hydrogens is 248 g/mol. The third kappa shape index (κ3) is 4.28. The van der Waals surface area contributed by atoms with E-state index in [1.165, 1.54) is 0 Å². The number of methoxy groups -OCH3 is 1. The molecule has 0 bridgehead atoms. The lowest BCUT2D eigenvalue weighted by Gasteiger charge is -2.14. The summed E-state index contributed by atoms with van der Waals surface area (Å²) in [5.41, 5.74) is 0.780. The molecule has 1 N–H and O–H groups in total. The van der Waals surface area contributed by atoms with E-state index >= 15 is 0 Å². The second-order valence-corrected chi connectivity index (χ2v) is 4.03. The third-order valence-electron chi connectivity index (χ3n) is 2.59. The van der Waals surface area contributed by atoms with Crippen molar-refractivity contribution in [2.24, 2.45) is 0 Å². The Balaban J connectivity index is 2.86. The van der Waals surface area contributed by atoms with Crippen molar-refractivity contribution in [3.63, 3.8) is 0 Å². The molecule has 0 aromatic heterocycles. The first-order valence-electron chi connectivity index (χ1n) is 6.15. The first kappa shape index (κ1) is 15.0. The van der Waals surface area contributed by atoms with Crippen molar-refractivity contribution in [2.75, 3.05) is 13.7 Å². The van der Waals surface area contributed by atoms with Crippen molar-refractivity contribution in [1.82, 2.24) is 0 Å². The molecule has 0 aliphatic rings. The highest BCUT2D eigenvalue weighted by Crippen LogP contribution is 2.32. The van der Waals surface area contributed by atoms with Crippen LogP contribution in [0.4, 0.5) is 0 Å². The number of aliphatic carboxylic acids is 1. The largest absolute Gasteiger partial charge is 0.493 e. The summed E-state index contributed by atoms with van der Waals surface area (Å²) in [5.74, 6) is -1.03. The van der Waals surface area contributed by atoms with E-state index in [9.17, 15) is 9.59 Å². The molecule has 0 heterocycles. The first-order valence-corrected chi connectivity index (χ1v) is 6.15. The molecule has 0 spiro atoms. The fourth-order valence-corrected chi connectivity index (χ4v) is 1.64. The number of Topliss-reactive ketones (excluding diaryl/α,β-unsaturated/α-hetero) is 1. The second kappa shape index (κ2) is 7.41. The number of carbonyl (C=O) groups is 2. The van der Waals surface area contributed by atoms with Crippen molar-refractivity contribution in [3.05, 3.63) is 23.8 Å². The van der Waals surface area contributed by atoms with Crippen molar-refractivity contribution in [1.29, 1.82) is 0 Å². The van der Waals surface area contributed by atoms with Crippen LogP contribution in [0.2, 0.25) is 0 Å². The van der Waals surface area contributed by atoms with Gasteiger partial charge in [0.25, 0.3) is 0 Å². The van der Waals surface area contributed by atoms with Gasteiger partial charge in [-0.15, -0.1) is 0 Å². The minimum Gasteiger partial charge on any atom is -0.493 e. The Morgan fingerprint density at radius 1 is 1.32 bits per heavy atom. The molecule has 1 rings (SSSR count). The zero-order valence-electron chi connectivity index (χ0n) is 11.1. The van der Waals surface area contributed by atoms with Crippen molar-refractivity contribution in [3.8, 4) is 11.5 Å². The van der Waals surface area contributed by atoms with Crippen LogP contribution in [-0.4, -0.2) is 30.6 Å². The zero-order chi connectivity index (χ0) is 14.3. The molecule has 0 aliphatic heterocycles. The van der Waals surface area contributed by atoms with Crippen LogP contribution in [0.1, 0.15) is 25.3 Å². The molecule has 5 nitrogen and oxygen atoms in total. The molecule has 0 unspecified atom stereocenters. The Labute approximate surface area is 112 Å². The first-order chi connectivity index (χ1) is 9.10. The third-order valence-corrected chi connectivity index (χ3v) is 2.59. The Morgan fingerprint density at radius 3 is 2.63 bits per heavy atom. The van der Waals surface area contributed by atoms with Crippen LogP contribution in [0.25, 0.3) is 0 Å². The lowest BCUT2D eigenvalue weighted by atomic mass is 10.1. The molecule has 0 aliphatic carbocycles. The Morgan fingerprint density at radius 2 is 2.05 bits per heavy atom. The van der Waals surface area contributed by atoms with Crippen LogP contribution in [0.5, 0.6) is 11.5 Å². The zero-order valence-corrected chi connectivity index (χ0v) is 11.1. The monoisotopic (exact) mass is 266 g/mol. The van der Waals surface area contributed by atoms with E-state index < -0.39 is 11.8 Å². The average molecular weight is 266 g/mol. The Bertz CT molecular complexity index is 453. The van der Waals surface area contributed by atoms with E-state index in [1.54, 1.807) is 19.2 Å². The highest BCUT2D eigenvalue weighted by molar-refractivity contribution is 6.32. The number of carbonyl (C=O) groups excluding carboxylic acids is 1. The summed E-state index contributed by atoms with van der Waals surface area (Å²) in [7, 11) is 1.54. The van der Waals surface area contributed by atoms with E-state index in [4.69, 9.17) is 14.6 Å². The van der Waals surface area contributed by atoms with Gasteiger partial charge in [-0.05, 0) is 24.5 Å². The summed E-state index contributed by atoms with van der Waals surface area (Å²) >= 11 is 0. The molecule has 19 heavy (non-hydrogen) atoms. The summed E-state index contributed by atoms with van der Waals surface area (Å²) in [5, 5.41) is 8.57. The molecule has 0 fully saturated rings. The van der Waals surface area contributed by atoms with Gasteiger partial charge in [0.05, 0.1) is 13.7 Å². The van der Waals surface area contributed by atoms with E-state index in [2.05, 4.69) is 0 Å². The number of hydrogen-bond donors (Lipinski definition) is 1. The van der Waals surface area contributed by atoms with Crippen LogP contribution in [0.3, 0.4) is 0 Å². The maximum Gasteiger partial charge on any atom is 0.372 e. The predicted molar refractivity (Wildman–Crippen MR) is 69.7 cm³/mol. The normalized spacial score (nSPS) is 10.0. The van der Waals surface area contributed by atoms with Gasteiger partial charge in [0.1, 0.15) is 0 Å². The molecule has 5 heteroatoms. The number of rotatable bonds is 8. The molecule has 1 aromatic rings. The smallest absolute Gasteiger partial charge is 0.372 e. The van der Waals surface area contributed by atoms with Crippen molar-refractivity contribution < 1.29 is 24.2 Å². The fraction of sp³-hybridized carbons (Fsp3) is 0.429. The molecule has 1 aromatic carbocycles. The van der Waals surface area contributed by atoms with E-state index in [1.807, 2.05) is 13.0 Å². The highest BCUT2D eigenvalue weighted by Gasteiger charge is 2.15. The summed E-state index contributed by atoms with van der Waals surface area (Å²) in [6.45, 7) is 2.53. The lowest BCUT2D eigenvalue weighted by Crippen LogP contribution is -2.13. The second-order valence-electron chi connectivity index (χ2n) is 4.03. The molecule has 0 saturated carbocycles. The van der Waals surface area contributed by atoms with Gasteiger partial charge in [-0.1, -0.05) is 19.1 Å². The fourth-order valence-electron chi connectivity index (χ4n) is 1.64. The van der Waals surface area contributed by atoms with Crippen molar-refractivity contribution in [2.45, 2.75) is 26.2 Å². The quantitative estimate of drug-likeness (QED) is 0.729. The van der Waals surface area contributed by atoms with Crippen LogP contribution in [0, 0.1) is 0 Å². The summed E-state index contributed by atoms with van der Waals surface area (Å²) in [6, 6.07) is 5.37. The van der Waals surface area contributed by atoms with Gasteiger partial charge in [0, 0.05) is 6.42 Å². The molecule has 0 radical (unpaired) electrons. The van der Waals surface area contributed by atoms with Crippen LogP contribution in [0.15, 0.2) is 18.2 Å². The minimum atomic E-state index is -1.40. The molecular formula is C14H18O5. The van der Waals surface area contributed by atoms with Gasteiger partial charge in [-0.2, -0.15) is 0 Å². The van der Waals surface area contributed by atoms with Gasteiger partial charge in [-0.3, -0.25) is 4.79 Å². The number of carboxylic acid groups (broad SMARTS) is 1. The van der Waals surface area contributed by atoms with Crippen molar-refractivity contribution >= 4 is 11.8 Å². The maximum atomic E-state index is 11.1. The number of benzene rings is 1. The standard InChI is InChI=1S/C14H18O5/c1-3-9-19-13-10(5-4-6-12(13)18-2)7-8-11(15)14(16)17/h4-6H,3,7-9H2,1-2H3,(H,16,17). The maximum absolute atomic E-state index is 11.1. The number of ketones is 1. The Kier molecular flexibility index (Phi) is 5.85. The van der Waals surface area contributed by atoms with E-state index in [0.717, 1.165) is 12.0 Å². The van der Waals surface area contributed by atoms with Gasteiger partial charge in [-0.25, -0.2) is 4.79 Å². The molecule has 0 saturated heterocycles. The predicted octanol–water partition coefficient (Wildman–Crippen LogP) is 2.07. The average Bonchev–Trinajstić information content (AvgIpc) is 2.42. The van der Waals surface area contributed by atoms with Gasteiger partial charge >= 0.3 is 5.97 Å². The number of aryl methyl sites for hydroxylation is 1. The summed E-state index contributed by atoms with van der Waals surface area (Å²) < 4.78 is 10.8. The van der Waals surface area contributed by atoms with Gasteiger partial charge < -0.3 is 14.6 Å². The van der Waals surface area contributed by atoms with Gasteiger partial charge in [0.2, 0.25) is 5.78 Å². The minimum absolute atomic E-state index is 0.0506. The summed E-state index contributed by atoms with van der Waals surface area (Å²) in [6.07, 6.45) is 1.12. The molecule has 0 amide bonds. The number of para-hydroxylation sites is 1. The van der Waals surface area contributed by atoms with Gasteiger partial charge in [0.15, 0.2) is 11.5 Å². The van der Waals surface area contributed by atoms with E-state index in [0.29, 0.717) is 24.5 Å². The Hall–Kier alpha value is -2.04. The highest BCUT2D eigenvalue weighted by atomic mass is 16.5. The molecule has 0 atom stereocenters. The summed E-state index contributed by atoms with van der Waals surface area (Å²) in [4.78, 5) is 21.6. The van der Waals surface area contributed by atoms with E-state index in [-0.39, 0.29) is 6.42 Å². The topological polar surface area (TPSA) is 72.8 Å².